The predicted molar refractivity (Wildman–Crippen MR) is 85.7 cm³/mol. The maximum atomic E-state index is 12.3. The van der Waals surface area contributed by atoms with Crippen LogP contribution in [0.1, 0.15) is 61.5 Å². The molecule has 8 nitrogen and oxygen atoms in total. The molecule has 2 heterocycles. The minimum absolute atomic E-state index is 0.0583. The Balaban J connectivity index is 1.81. The zero-order chi connectivity index (χ0) is 17.5. The van der Waals surface area contributed by atoms with E-state index in [0.29, 0.717) is 0 Å². The van der Waals surface area contributed by atoms with Crippen LogP contribution in [0.3, 0.4) is 0 Å². The topological polar surface area (TPSA) is 103 Å². The number of amides is 1. The van der Waals surface area contributed by atoms with E-state index in [1.165, 1.54) is 12.1 Å². The lowest BCUT2D eigenvalue weighted by molar-refractivity contribution is -0.402. The van der Waals surface area contributed by atoms with Crippen LogP contribution in [0.25, 0.3) is 0 Å². The van der Waals surface area contributed by atoms with Crippen LogP contribution in [-0.2, 0) is 12.0 Å². The third kappa shape index (κ3) is 2.91. The Bertz CT molecular complexity index is 784. The van der Waals surface area contributed by atoms with Crippen molar-refractivity contribution in [1.82, 2.24) is 15.1 Å². The molecule has 8 heteroatoms. The van der Waals surface area contributed by atoms with Gasteiger partial charge in [-0.15, -0.1) is 0 Å². The highest BCUT2D eigenvalue weighted by Gasteiger charge is 2.30. The predicted octanol–water partition coefficient (Wildman–Crippen LogP) is 2.95. The third-order valence-electron chi connectivity index (χ3n) is 4.12. The normalized spacial score (nSPS) is 17.4. The summed E-state index contributed by atoms with van der Waals surface area (Å²) < 4.78 is 6.96. The molecular formula is C16H20N4O4. The second kappa shape index (κ2) is 5.77. The molecule has 0 saturated heterocycles. The Morgan fingerprint density at radius 2 is 2.21 bits per heavy atom. The molecule has 2 aromatic heterocycles. The van der Waals surface area contributed by atoms with Crippen molar-refractivity contribution >= 4 is 11.8 Å². The summed E-state index contributed by atoms with van der Waals surface area (Å²) in [4.78, 5) is 22.3. The SMILES string of the molecule is CC(C)(C)n1ncc2c1CCCC2NC(=O)c1ccc([N+](=O)[O-])o1. The van der Waals surface area contributed by atoms with Crippen LogP contribution in [0.15, 0.2) is 22.7 Å². The van der Waals surface area contributed by atoms with Crippen LogP contribution in [0.2, 0.25) is 0 Å². The molecular weight excluding hydrogens is 312 g/mol. The second-order valence-corrected chi connectivity index (χ2v) is 6.94. The molecule has 0 aliphatic heterocycles. The van der Waals surface area contributed by atoms with Gasteiger partial charge in [-0.1, -0.05) is 0 Å². The Morgan fingerprint density at radius 1 is 1.46 bits per heavy atom. The average Bonchev–Trinajstić information content (AvgIpc) is 3.14. The fraction of sp³-hybridized carbons (Fsp3) is 0.500. The Hall–Kier alpha value is -2.64. The molecule has 0 radical (unpaired) electrons. The zero-order valence-electron chi connectivity index (χ0n) is 13.9. The van der Waals surface area contributed by atoms with Crippen molar-refractivity contribution in [3.63, 3.8) is 0 Å². The van der Waals surface area contributed by atoms with E-state index >= 15 is 0 Å². The summed E-state index contributed by atoms with van der Waals surface area (Å²) in [7, 11) is 0. The van der Waals surface area contributed by atoms with E-state index in [0.717, 1.165) is 30.5 Å². The molecule has 24 heavy (non-hydrogen) atoms. The summed E-state index contributed by atoms with van der Waals surface area (Å²) in [6.07, 6.45) is 4.47. The summed E-state index contributed by atoms with van der Waals surface area (Å²) in [6, 6.07) is 2.33. The molecule has 0 spiro atoms. The first kappa shape index (κ1) is 16.2. The maximum Gasteiger partial charge on any atom is 0.433 e. The summed E-state index contributed by atoms with van der Waals surface area (Å²) >= 11 is 0. The van der Waals surface area contributed by atoms with Gasteiger partial charge >= 0.3 is 5.88 Å². The summed E-state index contributed by atoms with van der Waals surface area (Å²) in [5, 5.41) is 18.0. The van der Waals surface area contributed by atoms with Crippen LogP contribution < -0.4 is 5.32 Å². The van der Waals surface area contributed by atoms with Crippen molar-refractivity contribution < 1.29 is 14.1 Å². The number of aromatic nitrogens is 2. The van der Waals surface area contributed by atoms with E-state index in [1.54, 1.807) is 6.20 Å². The maximum absolute atomic E-state index is 12.3. The number of rotatable bonds is 3. The number of hydrogen-bond donors (Lipinski definition) is 1. The van der Waals surface area contributed by atoms with Gasteiger partial charge in [0, 0.05) is 11.3 Å². The van der Waals surface area contributed by atoms with Gasteiger partial charge in [-0.3, -0.25) is 19.6 Å². The average molecular weight is 332 g/mol. The monoisotopic (exact) mass is 332 g/mol. The summed E-state index contributed by atoms with van der Waals surface area (Å²) in [6.45, 7) is 6.26. The number of carbonyl (C=O) groups is 1. The van der Waals surface area contributed by atoms with Crippen molar-refractivity contribution in [1.29, 1.82) is 0 Å². The number of nitrogens with zero attached hydrogens (tertiary/aromatic N) is 3. The van der Waals surface area contributed by atoms with Crippen LogP contribution in [0.4, 0.5) is 5.88 Å². The number of carbonyl (C=O) groups excluding carboxylic acids is 1. The third-order valence-corrected chi connectivity index (χ3v) is 4.12. The number of nitro groups is 1. The number of nitrogens with one attached hydrogen (secondary N) is 1. The van der Waals surface area contributed by atoms with Crippen molar-refractivity contribution in [3.05, 3.63) is 45.5 Å². The number of fused-ring (bicyclic) bond motifs is 1. The molecule has 1 atom stereocenters. The van der Waals surface area contributed by atoms with Gasteiger partial charge in [0.05, 0.1) is 23.8 Å². The number of furan rings is 1. The van der Waals surface area contributed by atoms with Crippen molar-refractivity contribution in [2.45, 2.75) is 51.6 Å². The van der Waals surface area contributed by atoms with Crippen LogP contribution in [0.5, 0.6) is 0 Å². The van der Waals surface area contributed by atoms with E-state index in [-0.39, 0.29) is 17.3 Å². The van der Waals surface area contributed by atoms with E-state index in [1.807, 2.05) is 4.68 Å². The first-order valence-electron chi connectivity index (χ1n) is 7.90. The second-order valence-electron chi connectivity index (χ2n) is 6.94. The van der Waals surface area contributed by atoms with Gasteiger partial charge in [-0.05, 0) is 46.1 Å². The Morgan fingerprint density at radius 3 is 2.83 bits per heavy atom. The highest BCUT2D eigenvalue weighted by Crippen LogP contribution is 2.32. The van der Waals surface area contributed by atoms with Crippen molar-refractivity contribution in [2.75, 3.05) is 0 Å². The first-order chi connectivity index (χ1) is 11.3. The highest BCUT2D eigenvalue weighted by molar-refractivity contribution is 5.92. The molecule has 2 aromatic rings. The lowest BCUT2D eigenvalue weighted by atomic mass is 9.92. The fourth-order valence-corrected chi connectivity index (χ4v) is 3.06. The quantitative estimate of drug-likeness (QED) is 0.687. The van der Waals surface area contributed by atoms with Crippen LogP contribution in [-0.4, -0.2) is 20.6 Å². The first-order valence-corrected chi connectivity index (χ1v) is 7.90. The van der Waals surface area contributed by atoms with Gasteiger partial charge in [-0.25, -0.2) is 0 Å². The molecule has 128 valence electrons. The highest BCUT2D eigenvalue weighted by atomic mass is 16.6. The molecule has 0 bridgehead atoms. The molecule has 0 fully saturated rings. The van der Waals surface area contributed by atoms with Gasteiger partial charge in [0.15, 0.2) is 5.76 Å². The van der Waals surface area contributed by atoms with Crippen LogP contribution in [0, 0.1) is 10.1 Å². The van der Waals surface area contributed by atoms with Crippen molar-refractivity contribution in [3.8, 4) is 0 Å². The fourth-order valence-electron chi connectivity index (χ4n) is 3.06. The standard InChI is InChI=1S/C16H20N4O4/c1-16(2,3)19-12-6-4-5-11(10(12)9-17-19)18-15(21)13-7-8-14(24-13)20(22)23/h7-9,11H,4-6H2,1-3H3,(H,18,21). The molecule has 1 amide bonds. The molecule has 1 unspecified atom stereocenters. The Kier molecular flexibility index (Phi) is 3.90. The van der Waals surface area contributed by atoms with E-state index in [9.17, 15) is 14.9 Å². The largest absolute Gasteiger partial charge is 0.433 e. The lowest BCUT2D eigenvalue weighted by Gasteiger charge is -2.28. The lowest BCUT2D eigenvalue weighted by Crippen LogP contribution is -2.32. The van der Waals surface area contributed by atoms with Crippen molar-refractivity contribution in [2.24, 2.45) is 0 Å². The zero-order valence-corrected chi connectivity index (χ0v) is 13.9. The minimum Gasteiger partial charge on any atom is -0.395 e. The molecule has 1 N–H and O–H groups in total. The van der Waals surface area contributed by atoms with Gasteiger partial charge < -0.3 is 9.73 Å². The van der Waals surface area contributed by atoms with Gasteiger partial charge in [0.25, 0.3) is 5.91 Å². The van der Waals surface area contributed by atoms with Crippen LogP contribution >= 0.6 is 0 Å². The molecule has 3 rings (SSSR count). The van der Waals surface area contributed by atoms with Gasteiger partial charge in [0.2, 0.25) is 0 Å². The van der Waals surface area contributed by atoms with Gasteiger partial charge in [-0.2, -0.15) is 5.10 Å². The summed E-state index contributed by atoms with van der Waals surface area (Å²) in [5.74, 6) is -0.952. The molecule has 0 aromatic carbocycles. The molecule has 1 aliphatic carbocycles. The number of hydrogen-bond acceptors (Lipinski definition) is 5. The van der Waals surface area contributed by atoms with E-state index in [2.05, 4.69) is 31.2 Å². The minimum atomic E-state index is -0.664. The summed E-state index contributed by atoms with van der Waals surface area (Å²) in [5.41, 5.74) is 2.01. The van der Waals surface area contributed by atoms with Gasteiger partial charge in [0.1, 0.15) is 4.92 Å². The molecule has 1 aliphatic rings. The Labute approximate surface area is 139 Å². The van der Waals surface area contributed by atoms with E-state index in [4.69, 9.17) is 4.42 Å². The molecule has 0 saturated carbocycles. The smallest absolute Gasteiger partial charge is 0.395 e. The van der Waals surface area contributed by atoms with E-state index < -0.39 is 16.7 Å².